The zero-order valence-electron chi connectivity index (χ0n) is 14.1. The molecular formula is C21H13ClN2O2S. The monoisotopic (exact) mass is 392 g/mol. The summed E-state index contributed by atoms with van der Waals surface area (Å²) in [5.41, 5.74) is 2.23. The molecule has 4 nitrogen and oxygen atoms in total. The molecule has 0 aliphatic carbocycles. The van der Waals surface area contributed by atoms with Crippen LogP contribution < -0.4 is 0 Å². The minimum absolute atomic E-state index is 0.0574. The van der Waals surface area contributed by atoms with Gasteiger partial charge in [-0.2, -0.15) is 5.26 Å². The maximum atomic E-state index is 11.8. The average molecular weight is 393 g/mol. The minimum atomic E-state index is -0.683. The van der Waals surface area contributed by atoms with Crippen LogP contribution in [0.4, 0.5) is 0 Å². The molecular weight excluding hydrogens is 380 g/mol. The Hall–Kier alpha value is -3.20. The number of thiazole rings is 1. The molecule has 1 heterocycles. The Bertz CT molecular complexity index is 1070. The van der Waals surface area contributed by atoms with Crippen molar-refractivity contribution < 1.29 is 9.53 Å². The first-order chi connectivity index (χ1) is 13.1. The zero-order valence-corrected chi connectivity index (χ0v) is 15.6. The van der Waals surface area contributed by atoms with Crippen LogP contribution >= 0.6 is 22.9 Å². The molecule has 2 aromatic carbocycles. The molecule has 132 valence electrons. The summed E-state index contributed by atoms with van der Waals surface area (Å²) in [6, 6.07) is 18.5. The number of benzene rings is 2. The van der Waals surface area contributed by atoms with Gasteiger partial charge in [-0.15, -0.1) is 11.3 Å². The molecule has 0 aliphatic rings. The zero-order chi connectivity index (χ0) is 19.2. The predicted octanol–water partition coefficient (Wildman–Crippen LogP) is 5.58. The van der Waals surface area contributed by atoms with Gasteiger partial charge in [-0.1, -0.05) is 60.6 Å². The summed E-state index contributed by atoms with van der Waals surface area (Å²) in [5.74, 6) is -0.625. The fourth-order valence-electron chi connectivity index (χ4n) is 2.35. The molecule has 6 heteroatoms. The molecule has 0 atom stereocenters. The predicted molar refractivity (Wildman–Crippen MR) is 108 cm³/mol. The van der Waals surface area contributed by atoms with Crippen LogP contribution in [-0.4, -0.2) is 11.0 Å². The third-order valence-corrected chi connectivity index (χ3v) is 4.80. The van der Waals surface area contributed by atoms with Crippen LogP contribution in [-0.2, 0) is 9.53 Å². The smallest absolute Gasteiger partial charge is 0.335 e. The number of allylic oxidation sites excluding steroid dienone is 1. The highest BCUT2D eigenvalue weighted by Gasteiger charge is 2.21. The topological polar surface area (TPSA) is 63.0 Å². The van der Waals surface area contributed by atoms with Crippen molar-refractivity contribution in [3.8, 4) is 17.3 Å². The number of nitrogens with zero attached hydrogens (tertiary/aromatic N) is 2. The summed E-state index contributed by atoms with van der Waals surface area (Å²) in [6.45, 7) is 3.41. The van der Waals surface area contributed by atoms with Crippen LogP contribution in [0.5, 0.6) is 0 Å². The minimum Gasteiger partial charge on any atom is -0.421 e. The Labute approximate surface area is 165 Å². The van der Waals surface area contributed by atoms with E-state index in [0.29, 0.717) is 15.6 Å². The number of carbonyl (C=O) groups excluding carboxylic acids is 1. The van der Waals surface area contributed by atoms with Crippen molar-refractivity contribution in [1.82, 2.24) is 4.98 Å². The Morgan fingerprint density at radius 1 is 1.19 bits per heavy atom. The lowest BCUT2D eigenvalue weighted by Gasteiger charge is -2.11. The SMILES string of the molecule is C=CC(=O)O/C(=C(\C#N)c1nc(-c2ccccc2)cs1)c1ccccc1Cl. The van der Waals surface area contributed by atoms with Crippen molar-refractivity contribution in [1.29, 1.82) is 5.26 Å². The maximum absolute atomic E-state index is 11.8. The van der Waals surface area contributed by atoms with E-state index in [4.69, 9.17) is 16.3 Å². The van der Waals surface area contributed by atoms with Gasteiger partial charge >= 0.3 is 5.97 Å². The lowest BCUT2D eigenvalue weighted by Crippen LogP contribution is -2.03. The van der Waals surface area contributed by atoms with Crippen molar-refractivity contribution in [2.24, 2.45) is 0 Å². The Kier molecular flexibility index (Phi) is 5.82. The first kappa shape index (κ1) is 18.6. The first-order valence-electron chi connectivity index (χ1n) is 7.89. The van der Waals surface area contributed by atoms with Crippen molar-refractivity contribution >= 4 is 40.2 Å². The van der Waals surface area contributed by atoms with Crippen molar-refractivity contribution in [3.05, 3.63) is 88.2 Å². The highest BCUT2D eigenvalue weighted by Crippen LogP contribution is 2.34. The fraction of sp³-hybridized carbons (Fsp3) is 0. The van der Waals surface area contributed by atoms with E-state index in [1.54, 1.807) is 24.3 Å². The number of aromatic nitrogens is 1. The lowest BCUT2D eigenvalue weighted by atomic mass is 10.1. The van der Waals surface area contributed by atoms with Gasteiger partial charge in [0.2, 0.25) is 0 Å². The van der Waals surface area contributed by atoms with Crippen LogP contribution in [0.2, 0.25) is 5.02 Å². The van der Waals surface area contributed by atoms with Gasteiger partial charge in [-0.05, 0) is 12.1 Å². The fourth-order valence-corrected chi connectivity index (χ4v) is 3.39. The summed E-state index contributed by atoms with van der Waals surface area (Å²) >= 11 is 7.55. The second-order valence-electron chi connectivity index (χ2n) is 5.32. The molecule has 0 saturated carbocycles. The quantitative estimate of drug-likeness (QED) is 0.246. The van der Waals surface area contributed by atoms with Crippen LogP contribution in [0.3, 0.4) is 0 Å². The maximum Gasteiger partial charge on any atom is 0.335 e. The second kappa shape index (κ2) is 8.45. The van der Waals surface area contributed by atoms with Gasteiger partial charge in [0.15, 0.2) is 5.76 Å². The summed E-state index contributed by atoms with van der Waals surface area (Å²) in [7, 11) is 0. The van der Waals surface area contributed by atoms with E-state index >= 15 is 0 Å². The molecule has 3 rings (SSSR count). The van der Waals surface area contributed by atoms with E-state index in [2.05, 4.69) is 17.6 Å². The molecule has 27 heavy (non-hydrogen) atoms. The van der Waals surface area contributed by atoms with E-state index in [0.717, 1.165) is 17.3 Å². The number of ether oxygens (including phenoxy) is 1. The summed E-state index contributed by atoms with van der Waals surface area (Å²) < 4.78 is 5.37. The summed E-state index contributed by atoms with van der Waals surface area (Å²) in [5, 5.41) is 12.4. The van der Waals surface area contributed by atoms with Crippen LogP contribution in [0.25, 0.3) is 22.6 Å². The van der Waals surface area contributed by atoms with Gasteiger partial charge in [-0.3, -0.25) is 0 Å². The molecule has 0 bridgehead atoms. The molecule has 0 N–H and O–H groups in total. The van der Waals surface area contributed by atoms with Crippen LogP contribution in [0, 0.1) is 11.3 Å². The van der Waals surface area contributed by atoms with Gasteiger partial charge in [0.25, 0.3) is 0 Å². The second-order valence-corrected chi connectivity index (χ2v) is 6.59. The molecule has 0 saturated heterocycles. The number of carbonyl (C=O) groups is 1. The van der Waals surface area contributed by atoms with Crippen molar-refractivity contribution in [2.75, 3.05) is 0 Å². The molecule has 0 fully saturated rings. The van der Waals surface area contributed by atoms with Gasteiger partial charge < -0.3 is 4.74 Å². The number of rotatable bonds is 5. The number of esters is 1. The molecule has 3 aromatic rings. The number of nitriles is 1. The molecule has 0 amide bonds. The highest BCUT2D eigenvalue weighted by atomic mass is 35.5. The third kappa shape index (κ3) is 4.14. The molecule has 1 aromatic heterocycles. The molecule has 0 aliphatic heterocycles. The normalized spacial score (nSPS) is 11.3. The average Bonchev–Trinajstić information content (AvgIpc) is 3.18. The Balaban J connectivity index is 2.15. The van der Waals surface area contributed by atoms with E-state index in [1.165, 1.54) is 11.3 Å². The van der Waals surface area contributed by atoms with E-state index in [-0.39, 0.29) is 11.3 Å². The summed E-state index contributed by atoms with van der Waals surface area (Å²) in [6.07, 6.45) is 1.03. The van der Waals surface area contributed by atoms with Gasteiger partial charge in [0.05, 0.1) is 10.7 Å². The van der Waals surface area contributed by atoms with Crippen LogP contribution in [0.15, 0.2) is 72.6 Å². The molecule has 0 radical (unpaired) electrons. The summed E-state index contributed by atoms with van der Waals surface area (Å²) in [4.78, 5) is 16.4. The van der Waals surface area contributed by atoms with E-state index < -0.39 is 5.97 Å². The van der Waals surface area contributed by atoms with Crippen molar-refractivity contribution in [3.63, 3.8) is 0 Å². The first-order valence-corrected chi connectivity index (χ1v) is 9.14. The van der Waals surface area contributed by atoms with Crippen molar-refractivity contribution in [2.45, 2.75) is 0 Å². The Morgan fingerprint density at radius 3 is 2.56 bits per heavy atom. The van der Waals surface area contributed by atoms with Gasteiger partial charge in [-0.25, -0.2) is 9.78 Å². The highest BCUT2D eigenvalue weighted by molar-refractivity contribution is 7.11. The van der Waals surface area contributed by atoms with Gasteiger partial charge in [0.1, 0.15) is 16.6 Å². The lowest BCUT2D eigenvalue weighted by molar-refractivity contribution is -0.131. The number of hydrogen-bond acceptors (Lipinski definition) is 5. The Morgan fingerprint density at radius 2 is 1.89 bits per heavy atom. The van der Waals surface area contributed by atoms with E-state index in [9.17, 15) is 10.1 Å². The van der Waals surface area contributed by atoms with Crippen LogP contribution in [0.1, 0.15) is 10.6 Å². The standard InChI is InChI=1S/C21H13ClN2O2S/c1-2-19(25)26-20(15-10-6-7-11-17(15)22)16(12-23)21-24-18(13-27-21)14-8-4-3-5-9-14/h2-11,13H,1H2/b20-16+. The van der Waals surface area contributed by atoms with Gasteiger partial charge in [0, 0.05) is 22.6 Å². The largest absolute Gasteiger partial charge is 0.421 e. The van der Waals surface area contributed by atoms with E-state index in [1.807, 2.05) is 35.7 Å². The number of halogens is 1. The molecule has 0 spiro atoms. The molecule has 0 unspecified atom stereocenters. The number of hydrogen-bond donors (Lipinski definition) is 0. The third-order valence-electron chi connectivity index (χ3n) is 3.61.